The van der Waals surface area contributed by atoms with Crippen LogP contribution >= 0.6 is 0 Å². The lowest BCUT2D eigenvalue weighted by Gasteiger charge is -2.17. The van der Waals surface area contributed by atoms with Gasteiger partial charge in [0.05, 0.1) is 5.56 Å². The Morgan fingerprint density at radius 3 is 2.90 bits per heavy atom. The number of aromatic nitrogens is 2. The van der Waals surface area contributed by atoms with Gasteiger partial charge in [-0.1, -0.05) is 18.2 Å². The molecule has 21 heavy (non-hydrogen) atoms. The fourth-order valence-corrected chi connectivity index (χ4v) is 2.83. The predicted octanol–water partition coefficient (Wildman–Crippen LogP) is 2.48. The number of carboxylic acid groups (broad SMARTS) is 1. The molecule has 1 saturated heterocycles. The van der Waals surface area contributed by atoms with Crippen molar-refractivity contribution in [3.05, 3.63) is 53.3 Å². The molecule has 1 aliphatic rings. The van der Waals surface area contributed by atoms with Crippen LogP contribution < -0.4 is 4.90 Å². The van der Waals surface area contributed by atoms with Gasteiger partial charge in [-0.2, -0.15) is 0 Å². The molecule has 0 unspecified atom stereocenters. The normalized spacial score (nSPS) is 18.0. The third-order valence-corrected chi connectivity index (χ3v) is 3.88. The van der Waals surface area contributed by atoms with Gasteiger partial charge in [-0.05, 0) is 31.0 Å². The number of rotatable bonds is 3. The molecule has 1 aromatic heterocycles. The van der Waals surface area contributed by atoms with E-state index in [1.54, 1.807) is 18.3 Å². The predicted molar refractivity (Wildman–Crippen MR) is 79.7 cm³/mol. The van der Waals surface area contributed by atoms with Crippen molar-refractivity contribution < 1.29 is 9.90 Å². The molecule has 1 fully saturated rings. The molecule has 1 aliphatic heterocycles. The van der Waals surface area contributed by atoms with Gasteiger partial charge in [0.15, 0.2) is 0 Å². The first kappa shape index (κ1) is 13.5. The van der Waals surface area contributed by atoms with Crippen molar-refractivity contribution >= 4 is 11.9 Å². The molecule has 5 heteroatoms. The second-order valence-corrected chi connectivity index (χ2v) is 5.32. The van der Waals surface area contributed by atoms with Gasteiger partial charge in [-0.3, -0.25) is 0 Å². The van der Waals surface area contributed by atoms with Gasteiger partial charge in [0, 0.05) is 30.9 Å². The second kappa shape index (κ2) is 5.52. The Kier molecular flexibility index (Phi) is 3.56. The van der Waals surface area contributed by atoms with Crippen LogP contribution in [-0.2, 0) is 0 Å². The maximum atomic E-state index is 11.3. The minimum absolute atomic E-state index is 0.210. The van der Waals surface area contributed by atoms with E-state index >= 15 is 0 Å². The van der Waals surface area contributed by atoms with Gasteiger partial charge in [-0.25, -0.2) is 14.8 Å². The van der Waals surface area contributed by atoms with Crippen LogP contribution in [-0.4, -0.2) is 34.1 Å². The summed E-state index contributed by atoms with van der Waals surface area (Å²) in [6.07, 6.45) is 2.68. The Morgan fingerprint density at radius 1 is 1.33 bits per heavy atom. The van der Waals surface area contributed by atoms with Crippen LogP contribution in [0.4, 0.5) is 5.95 Å². The molecule has 2 aromatic rings. The maximum Gasteiger partial charge on any atom is 0.335 e. The summed E-state index contributed by atoms with van der Waals surface area (Å²) in [4.78, 5) is 22.2. The number of aryl methyl sites for hydroxylation is 1. The smallest absolute Gasteiger partial charge is 0.335 e. The number of anilines is 1. The first-order chi connectivity index (χ1) is 10.1. The molecule has 108 valence electrons. The number of hydrogen-bond acceptors (Lipinski definition) is 4. The fourth-order valence-electron chi connectivity index (χ4n) is 2.83. The summed E-state index contributed by atoms with van der Waals surface area (Å²) >= 11 is 0. The minimum Gasteiger partial charge on any atom is -0.478 e. The average molecular weight is 283 g/mol. The number of carboxylic acids is 1. The van der Waals surface area contributed by atoms with E-state index in [-0.39, 0.29) is 5.92 Å². The van der Waals surface area contributed by atoms with E-state index in [4.69, 9.17) is 0 Å². The maximum absolute atomic E-state index is 11.3. The summed E-state index contributed by atoms with van der Waals surface area (Å²) in [6.45, 7) is 3.55. The molecule has 0 aliphatic carbocycles. The van der Waals surface area contributed by atoms with Gasteiger partial charge in [0.25, 0.3) is 0 Å². The molecule has 0 spiro atoms. The van der Waals surface area contributed by atoms with Crippen molar-refractivity contribution in [2.45, 2.75) is 19.3 Å². The van der Waals surface area contributed by atoms with Crippen molar-refractivity contribution in [1.29, 1.82) is 0 Å². The average Bonchev–Trinajstić information content (AvgIpc) is 2.97. The van der Waals surface area contributed by atoms with Crippen molar-refractivity contribution in [2.24, 2.45) is 0 Å². The van der Waals surface area contributed by atoms with E-state index < -0.39 is 5.97 Å². The lowest BCUT2D eigenvalue weighted by molar-refractivity contribution is 0.0695. The Labute approximate surface area is 123 Å². The highest BCUT2D eigenvalue weighted by molar-refractivity contribution is 5.89. The molecule has 0 saturated carbocycles. The Bertz CT molecular complexity index is 672. The Hall–Kier alpha value is -2.43. The number of nitrogens with zero attached hydrogens (tertiary/aromatic N) is 3. The van der Waals surface area contributed by atoms with E-state index in [0.717, 1.165) is 36.7 Å². The van der Waals surface area contributed by atoms with E-state index in [0.29, 0.717) is 5.56 Å². The van der Waals surface area contributed by atoms with Gasteiger partial charge < -0.3 is 10.0 Å². The van der Waals surface area contributed by atoms with Crippen LogP contribution in [0.25, 0.3) is 0 Å². The first-order valence-corrected chi connectivity index (χ1v) is 7.02. The van der Waals surface area contributed by atoms with Crippen LogP contribution in [0.3, 0.4) is 0 Å². The SMILES string of the molecule is Cc1ccnc(N2CC[C@H](c3ccccc3C(=O)O)C2)n1. The van der Waals surface area contributed by atoms with Gasteiger partial charge >= 0.3 is 5.97 Å². The lowest BCUT2D eigenvalue weighted by Crippen LogP contribution is -2.22. The molecular formula is C16H17N3O2. The van der Waals surface area contributed by atoms with E-state index in [1.165, 1.54) is 0 Å². The molecule has 1 atom stereocenters. The second-order valence-electron chi connectivity index (χ2n) is 5.32. The Morgan fingerprint density at radius 2 is 2.14 bits per heavy atom. The molecule has 2 heterocycles. The molecule has 0 radical (unpaired) electrons. The summed E-state index contributed by atoms with van der Waals surface area (Å²) < 4.78 is 0. The quantitative estimate of drug-likeness (QED) is 0.937. The first-order valence-electron chi connectivity index (χ1n) is 7.02. The zero-order valence-corrected chi connectivity index (χ0v) is 11.9. The summed E-state index contributed by atoms with van der Waals surface area (Å²) in [5.41, 5.74) is 2.24. The summed E-state index contributed by atoms with van der Waals surface area (Å²) in [7, 11) is 0. The minimum atomic E-state index is -0.865. The highest BCUT2D eigenvalue weighted by Crippen LogP contribution is 2.31. The monoisotopic (exact) mass is 283 g/mol. The van der Waals surface area contributed by atoms with Crippen molar-refractivity contribution in [3.8, 4) is 0 Å². The van der Waals surface area contributed by atoms with Crippen LogP contribution in [0, 0.1) is 6.92 Å². The van der Waals surface area contributed by atoms with Crippen molar-refractivity contribution in [1.82, 2.24) is 9.97 Å². The summed E-state index contributed by atoms with van der Waals surface area (Å²) in [6, 6.07) is 9.12. The van der Waals surface area contributed by atoms with Crippen LogP contribution in [0.1, 0.15) is 34.0 Å². The van der Waals surface area contributed by atoms with Gasteiger partial charge in [0.1, 0.15) is 0 Å². The largest absolute Gasteiger partial charge is 0.478 e. The fraction of sp³-hybridized carbons (Fsp3) is 0.312. The molecule has 0 amide bonds. The van der Waals surface area contributed by atoms with Gasteiger partial charge in [0.2, 0.25) is 5.95 Å². The number of carbonyl (C=O) groups is 1. The van der Waals surface area contributed by atoms with E-state index in [9.17, 15) is 9.90 Å². The molecule has 1 N–H and O–H groups in total. The Balaban J connectivity index is 1.83. The third kappa shape index (κ3) is 2.72. The van der Waals surface area contributed by atoms with Crippen LogP contribution in [0.15, 0.2) is 36.5 Å². The number of benzene rings is 1. The molecule has 1 aromatic carbocycles. The van der Waals surface area contributed by atoms with E-state index in [2.05, 4.69) is 14.9 Å². The van der Waals surface area contributed by atoms with Crippen molar-refractivity contribution in [3.63, 3.8) is 0 Å². The standard InChI is InChI=1S/C16H17N3O2/c1-11-6-8-17-16(18-11)19-9-7-12(10-19)13-4-2-3-5-14(13)15(20)21/h2-6,8,12H,7,9-10H2,1H3,(H,20,21)/t12-/m0/s1. The van der Waals surface area contributed by atoms with Gasteiger partial charge in [-0.15, -0.1) is 0 Å². The topological polar surface area (TPSA) is 66.3 Å². The summed E-state index contributed by atoms with van der Waals surface area (Å²) in [5, 5.41) is 9.31. The molecule has 0 bridgehead atoms. The number of hydrogen-bond donors (Lipinski definition) is 1. The van der Waals surface area contributed by atoms with Crippen LogP contribution in [0.5, 0.6) is 0 Å². The van der Waals surface area contributed by atoms with E-state index in [1.807, 2.05) is 25.1 Å². The molecular weight excluding hydrogens is 266 g/mol. The number of aromatic carboxylic acids is 1. The lowest BCUT2D eigenvalue weighted by atomic mass is 9.93. The van der Waals surface area contributed by atoms with Crippen LogP contribution in [0.2, 0.25) is 0 Å². The third-order valence-electron chi connectivity index (χ3n) is 3.88. The highest BCUT2D eigenvalue weighted by atomic mass is 16.4. The zero-order valence-electron chi connectivity index (χ0n) is 11.9. The zero-order chi connectivity index (χ0) is 14.8. The molecule has 5 nitrogen and oxygen atoms in total. The summed E-state index contributed by atoms with van der Waals surface area (Å²) in [5.74, 6) is 0.0718. The molecule has 3 rings (SSSR count). The van der Waals surface area contributed by atoms with Crippen molar-refractivity contribution in [2.75, 3.05) is 18.0 Å². The highest BCUT2D eigenvalue weighted by Gasteiger charge is 2.28.